The standard InChI is InChI=1S/C13H20ClN5O2/c1-13(2,3)21-12(20)19-6-4-18(5-7-19)10-8-9(14)16-11(15)17-10/h8H,4-7H2,1-3H3,(H2,15,16,17). The molecular weight excluding hydrogens is 294 g/mol. The Balaban J connectivity index is 1.95. The highest BCUT2D eigenvalue weighted by molar-refractivity contribution is 6.29. The van der Waals surface area contributed by atoms with Crippen molar-refractivity contribution in [1.82, 2.24) is 14.9 Å². The van der Waals surface area contributed by atoms with Crippen LogP contribution in [-0.2, 0) is 4.74 Å². The molecule has 1 aliphatic heterocycles. The Hall–Kier alpha value is -1.76. The molecule has 0 aromatic carbocycles. The lowest BCUT2D eigenvalue weighted by Crippen LogP contribution is -2.50. The van der Waals surface area contributed by atoms with Gasteiger partial charge in [-0.2, -0.15) is 4.98 Å². The van der Waals surface area contributed by atoms with E-state index < -0.39 is 5.60 Å². The molecule has 1 aromatic rings. The van der Waals surface area contributed by atoms with Crippen LogP contribution in [0.5, 0.6) is 0 Å². The second-order valence-electron chi connectivity index (χ2n) is 5.86. The van der Waals surface area contributed by atoms with Crippen LogP contribution < -0.4 is 10.6 Å². The van der Waals surface area contributed by atoms with E-state index in [4.69, 9.17) is 22.1 Å². The Kier molecular flexibility index (Phi) is 4.41. The Bertz CT molecular complexity index is 504. The third-order valence-electron chi connectivity index (χ3n) is 2.95. The predicted octanol–water partition coefficient (Wildman–Crippen LogP) is 1.77. The van der Waals surface area contributed by atoms with Crippen molar-refractivity contribution < 1.29 is 9.53 Å². The summed E-state index contributed by atoms with van der Waals surface area (Å²) < 4.78 is 5.36. The monoisotopic (exact) mass is 313 g/mol. The molecule has 8 heteroatoms. The lowest BCUT2D eigenvalue weighted by Gasteiger charge is -2.36. The average molecular weight is 314 g/mol. The summed E-state index contributed by atoms with van der Waals surface area (Å²) in [7, 11) is 0. The summed E-state index contributed by atoms with van der Waals surface area (Å²) in [4.78, 5) is 23.7. The van der Waals surface area contributed by atoms with Gasteiger partial charge in [-0.25, -0.2) is 9.78 Å². The number of ether oxygens (including phenoxy) is 1. The van der Waals surface area contributed by atoms with Gasteiger partial charge in [-0.3, -0.25) is 0 Å². The van der Waals surface area contributed by atoms with Gasteiger partial charge in [0.2, 0.25) is 5.95 Å². The van der Waals surface area contributed by atoms with Crippen LogP contribution in [0.4, 0.5) is 16.6 Å². The van der Waals surface area contributed by atoms with Crippen molar-refractivity contribution in [3.63, 3.8) is 0 Å². The van der Waals surface area contributed by atoms with Crippen molar-refractivity contribution in [2.45, 2.75) is 26.4 Å². The van der Waals surface area contributed by atoms with Crippen molar-refractivity contribution in [3.05, 3.63) is 11.2 Å². The quantitative estimate of drug-likeness (QED) is 0.795. The molecule has 0 radical (unpaired) electrons. The highest BCUT2D eigenvalue weighted by atomic mass is 35.5. The summed E-state index contributed by atoms with van der Waals surface area (Å²) >= 11 is 5.88. The molecule has 7 nitrogen and oxygen atoms in total. The van der Waals surface area contributed by atoms with Gasteiger partial charge in [-0.15, -0.1) is 0 Å². The summed E-state index contributed by atoms with van der Waals surface area (Å²) in [5, 5.41) is 0.312. The van der Waals surface area contributed by atoms with Crippen LogP contribution in [0.3, 0.4) is 0 Å². The van der Waals surface area contributed by atoms with Crippen LogP contribution in [-0.4, -0.2) is 52.7 Å². The number of aromatic nitrogens is 2. The zero-order valence-corrected chi connectivity index (χ0v) is 13.2. The van der Waals surface area contributed by atoms with Gasteiger partial charge < -0.3 is 20.3 Å². The van der Waals surface area contributed by atoms with Crippen molar-refractivity contribution >= 4 is 29.5 Å². The summed E-state index contributed by atoms with van der Waals surface area (Å²) in [6.07, 6.45) is -0.289. The molecule has 0 aliphatic carbocycles. The lowest BCUT2D eigenvalue weighted by molar-refractivity contribution is 0.0240. The number of amides is 1. The predicted molar refractivity (Wildman–Crippen MR) is 81.5 cm³/mol. The number of carbonyl (C=O) groups is 1. The van der Waals surface area contributed by atoms with E-state index in [2.05, 4.69) is 9.97 Å². The lowest BCUT2D eigenvalue weighted by atomic mass is 10.2. The zero-order valence-electron chi connectivity index (χ0n) is 12.5. The van der Waals surface area contributed by atoms with Gasteiger partial charge in [-0.05, 0) is 20.8 Å². The third kappa shape index (κ3) is 4.35. The summed E-state index contributed by atoms with van der Waals surface area (Å²) in [6, 6.07) is 1.67. The number of nitrogen functional groups attached to an aromatic ring is 1. The fourth-order valence-electron chi connectivity index (χ4n) is 2.03. The van der Waals surface area contributed by atoms with E-state index in [1.165, 1.54) is 0 Å². The number of nitrogens with zero attached hydrogens (tertiary/aromatic N) is 4. The van der Waals surface area contributed by atoms with Gasteiger partial charge in [-0.1, -0.05) is 11.6 Å². The van der Waals surface area contributed by atoms with E-state index in [1.807, 2.05) is 25.7 Å². The van der Waals surface area contributed by atoms with Gasteiger partial charge in [0.1, 0.15) is 16.6 Å². The number of rotatable bonds is 1. The first-order valence-corrected chi connectivity index (χ1v) is 7.15. The van der Waals surface area contributed by atoms with E-state index in [9.17, 15) is 4.79 Å². The van der Waals surface area contributed by atoms with Crippen molar-refractivity contribution in [1.29, 1.82) is 0 Å². The first kappa shape index (κ1) is 15.6. The molecular formula is C13H20ClN5O2. The maximum atomic E-state index is 12.0. The Morgan fingerprint density at radius 3 is 2.43 bits per heavy atom. The van der Waals surface area contributed by atoms with Crippen LogP contribution >= 0.6 is 11.6 Å². The fraction of sp³-hybridized carbons (Fsp3) is 0.615. The number of hydrogen-bond acceptors (Lipinski definition) is 6. The van der Waals surface area contributed by atoms with Crippen LogP contribution in [0, 0.1) is 0 Å². The molecule has 1 aliphatic rings. The molecule has 2 heterocycles. The van der Waals surface area contributed by atoms with Crippen molar-refractivity contribution in [2.24, 2.45) is 0 Å². The maximum Gasteiger partial charge on any atom is 0.410 e. The van der Waals surface area contributed by atoms with Gasteiger partial charge >= 0.3 is 6.09 Å². The molecule has 21 heavy (non-hydrogen) atoms. The zero-order chi connectivity index (χ0) is 15.6. The van der Waals surface area contributed by atoms with E-state index in [0.29, 0.717) is 37.1 Å². The Morgan fingerprint density at radius 2 is 1.90 bits per heavy atom. The SMILES string of the molecule is CC(C)(C)OC(=O)N1CCN(c2cc(Cl)nc(N)n2)CC1. The molecule has 1 amide bonds. The van der Waals surface area contributed by atoms with Crippen molar-refractivity contribution in [3.8, 4) is 0 Å². The smallest absolute Gasteiger partial charge is 0.410 e. The largest absolute Gasteiger partial charge is 0.444 e. The molecule has 0 bridgehead atoms. The Morgan fingerprint density at radius 1 is 1.29 bits per heavy atom. The summed E-state index contributed by atoms with van der Waals surface area (Å²) in [5.41, 5.74) is 5.11. The van der Waals surface area contributed by atoms with Crippen LogP contribution in [0.25, 0.3) is 0 Å². The van der Waals surface area contributed by atoms with E-state index in [1.54, 1.807) is 11.0 Å². The van der Waals surface area contributed by atoms with Crippen LogP contribution in [0.2, 0.25) is 5.15 Å². The van der Waals surface area contributed by atoms with E-state index in [0.717, 1.165) is 0 Å². The molecule has 0 spiro atoms. The highest BCUT2D eigenvalue weighted by Crippen LogP contribution is 2.19. The van der Waals surface area contributed by atoms with Gasteiger partial charge in [0, 0.05) is 32.2 Å². The molecule has 0 saturated carbocycles. The summed E-state index contributed by atoms with van der Waals surface area (Å²) in [5.74, 6) is 0.823. The number of carbonyl (C=O) groups excluding carboxylic acids is 1. The second kappa shape index (κ2) is 5.93. The summed E-state index contributed by atoms with van der Waals surface area (Å²) in [6.45, 7) is 7.98. The second-order valence-corrected chi connectivity index (χ2v) is 6.25. The number of hydrogen-bond donors (Lipinski definition) is 1. The molecule has 2 N–H and O–H groups in total. The molecule has 1 saturated heterocycles. The molecule has 2 rings (SSSR count). The minimum atomic E-state index is -0.483. The molecule has 0 atom stereocenters. The first-order valence-electron chi connectivity index (χ1n) is 6.77. The van der Waals surface area contributed by atoms with E-state index >= 15 is 0 Å². The number of piperazine rings is 1. The normalized spacial score (nSPS) is 16.0. The van der Waals surface area contributed by atoms with E-state index in [-0.39, 0.29) is 12.0 Å². The van der Waals surface area contributed by atoms with Crippen LogP contribution in [0.15, 0.2) is 6.07 Å². The molecule has 0 unspecified atom stereocenters. The first-order chi connectivity index (χ1) is 9.74. The topological polar surface area (TPSA) is 84.6 Å². The third-order valence-corrected chi connectivity index (χ3v) is 3.15. The van der Waals surface area contributed by atoms with Gasteiger partial charge in [0.05, 0.1) is 0 Å². The minimum absolute atomic E-state index is 0.145. The number of nitrogens with two attached hydrogens (primary N) is 1. The average Bonchev–Trinajstić information content (AvgIpc) is 2.35. The molecule has 116 valence electrons. The van der Waals surface area contributed by atoms with Gasteiger partial charge in [0.25, 0.3) is 0 Å². The fourth-order valence-corrected chi connectivity index (χ4v) is 2.21. The molecule has 1 aromatic heterocycles. The van der Waals surface area contributed by atoms with Crippen LogP contribution in [0.1, 0.15) is 20.8 Å². The number of anilines is 2. The Labute approximate surface area is 129 Å². The van der Waals surface area contributed by atoms with Crippen molar-refractivity contribution in [2.75, 3.05) is 36.8 Å². The molecule has 1 fully saturated rings. The maximum absolute atomic E-state index is 12.0. The number of halogens is 1. The highest BCUT2D eigenvalue weighted by Gasteiger charge is 2.26. The van der Waals surface area contributed by atoms with Gasteiger partial charge in [0.15, 0.2) is 0 Å². The minimum Gasteiger partial charge on any atom is -0.444 e.